The Labute approximate surface area is 122 Å². The summed E-state index contributed by atoms with van der Waals surface area (Å²) in [6.45, 7) is 1.36. The number of ether oxygens (including phenoxy) is 1. The number of alkyl halides is 3. The van der Waals surface area contributed by atoms with Crippen LogP contribution in [0.3, 0.4) is 0 Å². The molecule has 1 aromatic rings. The molecule has 0 radical (unpaired) electrons. The summed E-state index contributed by atoms with van der Waals surface area (Å²) in [6.07, 6.45) is -4.14. The number of carbonyl (C=O) groups excluding carboxylic acids is 2. The van der Waals surface area contributed by atoms with Crippen LogP contribution in [-0.2, 0) is 20.5 Å². The van der Waals surface area contributed by atoms with E-state index < -0.39 is 41.2 Å². The predicted octanol–water partition coefficient (Wildman–Crippen LogP) is 1.40. The Hall–Kier alpha value is -1.90. The van der Waals surface area contributed by atoms with Crippen LogP contribution in [-0.4, -0.2) is 34.2 Å². The molecule has 0 unspecified atom stereocenters. The lowest BCUT2D eigenvalue weighted by Crippen LogP contribution is -2.35. The molecule has 4 atom stereocenters. The minimum Gasteiger partial charge on any atom is -0.373 e. The Morgan fingerprint density at radius 1 is 1.18 bits per heavy atom. The van der Waals surface area contributed by atoms with Crippen LogP contribution in [0, 0.1) is 18.8 Å². The van der Waals surface area contributed by atoms with Crippen molar-refractivity contribution < 1.29 is 27.5 Å². The maximum Gasteiger partial charge on any atom is 0.437 e. The summed E-state index contributed by atoms with van der Waals surface area (Å²) < 4.78 is 44.8. The number of rotatable bonds is 1. The zero-order valence-corrected chi connectivity index (χ0v) is 11.5. The van der Waals surface area contributed by atoms with Crippen molar-refractivity contribution in [1.29, 1.82) is 0 Å². The van der Waals surface area contributed by atoms with E-state index in [0.717, 1.165) is 0 Å². The van der Waals surface area contributed by atoms with Gasteiger partial charge in [-0.25, -0.2) is 4.90 Å². The number of nitrogens with zero attached hydrogens (tertiary/aromatic N) is 2. The molecule has 0 aromatic carbocycles. The Morgan fingerprint density at radius 3 is 2.23 bits per heavy atom. The summed E-state index contributed by atoms with van der Waals surface area (Å²) >= 11 is 0. The van der Waals surface area contributed by atoms with Gasteiger partial charge < -0.3 is 4.74 Å². The number of hydrogen-bond acceptors (Lipinski definition) is 4. The first-order valence-electron chi connectivity index (χ1n) is 6.96. The molecule has 4 rings (SSSR count). The number of anilines is 1. The van der Waals surface area contributed by atoms with Gasteiger partial charge in [0, 0.05) is 0 Å². The number of fused-ring (bicyclic) bond motifs is 5. The van der Waals surface area contributed by atoms with Crippen molar-refractivity contribution in [2.24, 2.45) is 11.8 Å². The second-order valence-electron chi connectivity index (χ2n) is 5.90. The normalized spacial score (nSPS) is 33.9. The first-order chi connectivity index (χ1) is 10.3. The highest BCUT2D eigenvalue weighted by Crippen LogP contribution is 2.50. The summed E-state index contributed by atoms with van der Waals surface area (Å²) in [6, 6.07) is 0. The van der Waals surface area contributed by atoms with Crippen LogP contribution in [0.5, 0.6) is 0 Å². The third-order valence-corrected chi connectivity index (χ3v) is 4.69. The van der Waals surface area contributed by atoms with E-state index in [-0.39, 0.29) is 17.9 Å². The highest BCUT2D eigenvalue weighted by molar-refractivity contribution is 6.23. The Balaban J connectivity index is 1.80. The van der Waals surface area contributed by atoms with Crippen molar-refractivity contribution in [1.82, 2.24) is 10.2 Å². The molecule has 118 valence electrons. The highest BCUT2D eigenvalue weighted by Gasteiger charge is 2.63. The molecule has 3 aliphatic rings. The van der Waals surface area contributed by atoms with Gasteiger partial charge in [-0.05, 0) is 19.8 Å². The van der Waals surface area contributed by atoms with Crippen molar-refractivity contribution in [3.05, 3.63) is 11.4 Å². The summed E-state index contributed by atoms with van der Waals surface area (Å²) in [5.74, 6) is -2.56. The van der Waals surface area contributed by atoms with E-state index in [1.54, 1.807) is 0 Å². The summed E-state index contributed by atoms with van der Waals surface area (Å²) in [5.41, 5.74) is -1.67. The fraction of sp³-hybridized carbons (Fsp3) is 0.615. The number of aromatic amines is 1. The molecule has 9 heteroatoms. The summed E-state index contributed by atoms with van der Waals surface area (Å²) in [5, 5.41) is 5.44. The average molecular weight is 315 g/mol. The van der Waals surface area contributed by atoms with Gasteiger partial charge in [-0.1, -0.05) is 0 Å². The molecular formula is C13H12F3N3O3. The van der Waals surface area contributed by atoms with Crippen molar-refractivity contribution >= 4 is 17.5 Å². The fourth-order valence-corrected chi connectivity index (χ4v) is 3.83. The monoisotopic (exact) mass is 315 g/mol. The Morgan fingerprint density at radius 2 is 1.73 bits per heavy atom. The second kappa shape index (κ2) is 4.09. The fourth-order valence-electron chi connectivity index (χ4n) is 3.83. The molecule has 3 fully saturated rings. The molecule has 2 bridgehead atoms. The predicted molar refractivity (Wildman–Crippen MR) is 65.7 cm³/mol. The SMILES string of the molecule is Cc1[nH]nc(C(F)(F)F)c1N1C(=O)[C@@H]2[C@H](C1=O)[C@H]1CC[C@@H]2O1. The van der Waals surface area contributed by atoms with Gasteiger partial charge in [0.1, 0.15) is 5.69 Å². The Bertz CT molecular complexity index is 656. The lowest BCUT2D eigenvalue weighted by atomic mass is 9.81. The first-order valence-corrected chi connectivity index (χ1v) is 6.96. The lowest BCUT2D eigenvalue weighted by molar-refractivity contribution is -0.140. The van der Waals surface area contributed by atoms with Crippen LogP contribution in [0.1, 0.15) is 24.2 Å². The number of aryl methyl sites for hydroxylation is 1. The van der Waals surface area contributed by atoms with Crippen LogP contribution in [0.2, 0.25) is 0 Å². The van der Waals surface area contributed by atoms with Gasteiger partial charge in [-0.3, -0.25) is 14.7 Å². The molecule has 4 heterocycles. The minimum atomic E-state index is -4.74. The van der Waals surface area contributed by atoms with Gasteiger partial charge >= 0.3 is 6.18 Å². The van der Waals surface area contributed by atoms with Crippen LogP contribution >= 0.6 is 0 Å². The van der Waals surface area contributed by atoms with Crippen molar-refractivity contribution in [2.75, 3.05) is 4.90 Å². The maximum absolute atomic E-state index is 13.1. The van der Waals surface area contributed by atoms with E-state index in [4.69, 9.17) is 4.74 Å². The molecule has 22 heavy (non-hydrogen) atoms. The quantitative estimate of drug-likeness (QED) is 0.795. The summed E-state index contributed by atoms with van der Waals surface area (Å²) in [4.78, 5) is 25.7. The van der Waals surface area contributed by atoms with E-state index in [1.165, 1.54) is 6.92 Å². The number of halogens is 3. The maximum atomic E-state index is 13.1. The Kier molecular flexibility index (Phi) is 2.56. The zero-order chi connectivity index (χ0) is 15.8. The molecule has 3 saturated heterocycles. The van der Waals surface area contributed by atoms with E-state index in [2.05, 4.69) is 10.2 Å². The van der Waals surface area contributed by atoms with Crippen molar-refractivity contribution in [3.8, 4) is 0 Å². The molecule has 0 aliphatic carbocycles. The third kappa shape index (κ3) is 1.57. The number of aromatic nitrogens is 2. The average Bonchev–Trinajstić information content (AvgIpc) is 3.14. The van der Waals surface area contributed by atoms with Crippen LogP contribution in [0.4, 0.5) is 18.9 Å². The molecule has 0 spiro atoms. The molecular weight excluding hydrogens is 303 g/mol. The summed E-state index contributed by atoms with van der Waals surface area (Å²) in [7, 11) is 0. The number of carbonyl (C=O) groups is 2. The zero-order valence-electron chi connectivity index (χ0n) is 11.5. The smallest absolute Gasteiger partial charge is 0.373 e. The van der Waals surface area contributed by atoms with Crippen LogP contribution in [0.25, 0.3) is 0 Å². The number of amides is 2. The molecule has 0 saturated carbocycles. The topological polar surface area (TPSA) is 75.3 Å². The largest absolute Gasteiger partial charge is 0.437 e. The molecule has 3 aliphatic heterocycles. The van der Waals surface area contributed by atoms with Gasteiger partial charge in [-0.15, -0.1) is 0 Å². The minimum absolute atomic E-state index is 0.0438. The van der Waals surface area contributed by atoms with Gasteiger partial charge in [0.2, 0.25) is 11.8 Å². The van der Waals surface area contributed by atoms with Crippen molar-refractivity contribution in [3.63, 3.8) is 0 Å². The second-order valence-corrected chi connectivity index (χ2v) is 5.90. The number of imide groups is 1. The number of hydrogen-bond donors (Lipinski definition) is 1. The number of nitrogens with one attached hydrogen (secondary N) is 1. The van der Waals surface area contributed by atoms with Crippen molar-refractivity contribution in [2.45, 2.75) is 38.1 Å². The van der Waals surface area contributed by atoms with Gasteiger partial charge in [0.05, 0.1) is 29.7 Å². The van der Waals surface area contributed by atoms with E-state index >= 15 is 0 Å². The number of H-pyrrole nitrogens is 1. The standard InChI is InChI=1S/C13H12F3N3O3/c1-4-9(10(18-17-4)13(14,15)16)19-11(20)7-5-2-3-6(22-5)8(7)12(19)21/h5-8H,2-3H2,1H3,(H,17,18)/t5-,6+,7-,8+. The van der Waals surface area contributed by atoms with Gasteiger partial charge in [-0.2, -0.15) is 18.3 Å². The van der Waals surface area contributed by atoms with E-state index in [9.17, 15) is 22.8 Å². The molecule has 1 N–H and O–H groups in total. The van der Waals surface area contributed by atoms with Crippen LogP contribution in [0.15, 0.2) is 0 Å². The first kappa shape index (κ1) is 13.7. The van der Waals surface area contributed by atoms with Gasteiger partial charge in [0.15, 0.2) is 5.69 Å². The lowest BCUT2D eigenvalue weighted by Gasteiger charge is -2.19. The molecule has 6 nitrogen and oxygen atoms in total. The molecule has 2 amide bonds. The van der Waals surface area contributed by atoms with Crippen LogP contribution < -0.4 is 4.90 Å². The van der Waals surface area contributed by atoms with E-state index in [0.29, 0.717) is 17.7 Å². The third-order valence-electron chi connectivity index (χ3n) is 4.69. The molecule has 1 aromatic heterocycles. The van der Waals surface area contributed by atoms with E-state index in [1.807, 2.05) is 0 Å². The highest BCUT2D eigenvalue weighted by atomic mass is 19.4. The van der Waals surface area contributed by atoms with Gasteiger partial charge in [0.25, 0.3) is 0 Å².